The summed E-state index contributed by atoms with van der Waals surface area (Å²) in [6.07, 6.45) is -1.56. The van der Waals surface area contributed by atoms with Crippen molar-refractivity contribution in [3.63, 3.8) is 0 Å². The number of nitro groups is 5. The van der Waals surface area contributed by atoms with Gasteiger partial charge in [-0.05, 0) is 6.07 Å². The molecule has 1 aromatic carbocycles. The van der Waals surface area contributed by atoms with E-state index in [9.17, 15) is 50.6 Å². The summed E-state index contributed by atoms with van der Waals surface area (Å²) < 4.78 is 0. The van der Waals surface area contributed by atoms with E-state index in [0.717, 1.165) is 0 Å². The van der Waals surface area contributed by atoms with Crippen LogP contribution in [0.1, 0.15) is 5.56 Å². The first-order valence-corrected chi connectivity index (χ1v) is 5.39. The van der Waals surface area contributed by atoms with Crippen molar-refractivity contribution in [1.82, 2.24) is 0 Å². The van der Waals surface area contributed by atoms with Crippen molar-refractivity contribution in [2.45, 2.75) is 12.2 Å². The average Bonchev–Trinajstić information content (AvgIpc) is 2.42. The van der Waals surface area contributed by atoms with Gasteiger partial charge in [-0.1, -0.05) is 0 Å². The summed E-state index contributed by atoms with van der Waals surface area (Å²) in [5, 5.41) is 53.8. The molecule has 0 spiro atoms. The molecule has 0 atom stereocenters. The van der Waals surface area contributed by atoms with E-state index < -0.39 is 53.8 Å². The minimum atomic E-state index is -3.94. The zero-order chi connectivity index (χ0) is 17.9. The first kappa shape index (κ1) is 17.3. The molecular weight excluding hydrogens is 326 g/mol. The van der Waals surface area contributed by atoms with Crippen LogP contribution in [0.4, 0.5) is 11.4 Å². The highest BCUT2D eigenvalue weighted by atomic mass is 16.7. The van der Waals surface area contributed by atoms with Crippen molar-refractivity contribution in [3.8, 4) is 0 Å². The van der Waals surface area contributed by atoms with Crippen molar-refractivity contribution in [2.75, 3.05) is 0 Å². The van der Waals surface area contributed by atoms with E-state index >= 15 is 0 Å². The molecule has 0 aliphatic rings. The van der Waals surface area contributed by atoms with Crippen molar-refractivity contribution in [3.05, 3.63) is 74.3 Å². The molecule has 0 aliphatic heterocycles. The fourth-order valence-electron chi connectivity index (χ4n) is 1.63. The van der Waals surface area contributed by atoms with Crippen LogP contribution in [-0.2, 0) is 6.42 Å². The number of nitro benzene ring substituents is 2. The molecule has 0 fully saturated rings. The summed E-state index contributed by atoms with van der Waals surface area (Å²) in [6.45, 7) is 0. The van der Waals surface area contributed by atoms with Crippen molar-refractivity contribution in [1.29, 1.82) is 0 Å². The monoisotopic (exact) mass is 331 g/mol. The lowest BCUT2D eigenvalue weighted by Crippen LogP contribution is -2.55. The van der Waals surface area contributed by atoms with Gasteiger partial charge in [0.15, 0.2) is 14.8 Å². The number of hydrogen-bond donors (Lipinski definition) is 0. The molecule has 0 saturated heterocycles. The third kappa shape index (κ3) is 2.96. The van der Waals surface area contributed by atoms with Crippen LogP contribution < -0.4 is 0 Å². The Labute approximate surface area is 123 Å². The summed E-state index contributed by atoms with van der Waals surface area (Å²) in [7, 11) is 0. The van der Waals surface area contributed by atoms with Crippen LogP contribution in [0.2, 0.25) is 0 Å². The predicted molar refractivity (Wildman–Crippen MR) is 67.2 cm³/mol. The molecule has 0 unspecified atom stereocenters. The van der Waals surface area contributed by atoms with E-state index in [1.165, 1.54) is 0 Å². The summed E-state index contributed by atoms with van der Waals surface area (Å²) in [6, 6.07) is 1.72. The van der Waals surface area contributed by atoms with Gasteiger partial charge in [0.1, 0.15) is 0 Å². The Morgan fingerprint density at radius 3 is 1.61 bits per heavy atom. The highest BCUT2D eigenvalue weighted by molar-refractivity contribution is 5.49. The van der Waals surface area contributed by atoms with Crippen LogP contribution in [-0.4, -0.2) is 30.4 Å². The molecule has 0 aliphatic carbocycles. The second-order valence-electron chi connectivity index (χ2n) is 4.05. The second-order valence-corrected chi connectivity index (χ2v) is 4.05. The minimum Gasteiger partial charge on any atom is -0.258 e. The van der Waals surface area contributed by atoms with E-state index in [1.807, 2.05) is 0 Å². The number of benzene rings is 1. The number of hydrogen-bond acceptors (Lipinski definition) is 10. The zero-order valence-corrected chi connectivity index (χ0v) is 10.8. The predicted octanol–water partition coefficient (Wildman–Crippen LogP) is 0.529. The number of non-ortho nitro benzene ring substituents is 1. The molecule has 0 heterocycles. The SMILES string of the molecule is O=[N+]([O-])c1ccc(CC([N+](=O)[O-])([N+](=O)[O-])[N+](=O)[O-])c([N+](=O)[O-])c1. The number of rotatable bonds is 7. The molecule has 15 nitrogen and oxygen atoms in total. The zero-order valence-electron chi connectivity index (χ0n) is 10.8. The quantitative estimate of drug-likeness (QED) is 0.383. The summed E-state index contributed by atoms with van der Waals surface area (Å²) in [5.74, 6) is -3.94. The van der Waals surface area contributed by atoms with Gasteiger partial charge in [-0.2, -0.15) is 0 Å². The van der Waals surface area contributed by atoms with Crippen LogP contribution >= 0.6 is 0 Å². The van der Waals surface area contributed by atoms with Crippen LogP contribution in [0.3, 0.4) is 0 Å². The Bertz CT molecular complexity index is 694. The van der Waals surface area contributed by atoms with Crippen molar-refractivity contribution < 1.29 is 24.6 Å². The molecule has 0 bridgehead atoms. The van der Waals surface area contributed by atoms with Gasteiger partial charge >= 0.3 is 5.79 Å². The van der Waals surface area contributed by atoms with Crippen LogP contribution in [0.25, 0.3) is 0 Å². The maximum absolute atomic E-state index is 10.9. The van der Waals surface area contributed by atoms with E-state index in [2.05, 4.69) is 0 Å². The summed E-state index contributed by atoms with van der Waals surface area (Å²) in [4.78, 5) is 46.3. The standard InChI is InChI=1S/C8H5N5O10/c14-9(15)6-2-1-5(7(3-6)10(16)17)4-8(11(18)19,12(20)21)13(22)23/h1-3H,4H2. The summed E-state index contributed by atoms with van der Waals surface area (Å²) >= 11 is 0. The molecule has 0 aromatic heterocycles. The molecule has 15 heteroatoms. The molecule has 1 aromatic rings. The Morgan fingerprint density at radius 2 is 1.26 bits per heavy atom. The number of nitrogens with zero attached hydrogens (tertiary/aromatic N) is 5. The normalized spacial score (nSPS) is 10.8. The van der Waals surface area contributed by atoms with Gasteiger partial charge in [0.2, 0.25) is 6.42 Å². The van der Waals surface area contributed by atoms with E-state index in [-0.39, 0.29) is 0 Å². The van der Waals surface area contributed by atoms with Crippen molar-refractivity contribution in [2.24, 2.45) is 0 Å². The van der Waals surface area contributed by atoms with Gasteiger partial charge in [-0.25, -0.2) is 0 Å². The van der Waals surface area contributed by atoms with E-state index in [1.54, 1.807) is 0 Å². The van der Waals surface area contributed by atoms with Gasteiger partial charge in [-0.3, -0.25) is 50.6 Å². The smallest absolute Gasteiger partial charge is 0.258 e. The Kier molecular flexibility index (Phi) is 4.44. The van der Waals surface area contributed by atoms with Gasteiger partial charge in [0, 0.05) is 6.07 Å². The topological polar surface area (TPSA) is 216 Å². The largest absolute Gasteiger partial charge is 0.704 e. The molecule has 122 valence electrons. The molecule has 23 heavy (non-hydrogen) atoms. The third-order valence-electron chi connectivity index (χ3n) is 2.78. The first-order chi connectivity index (χ1) is 10.5. The average molecular weight is 331 g/mol. The minimum absolute atomic E-state index is 0.403. The fourth-order valence-corrected chi connectivity index (χ4v) is 1.63. The Morgan fingerprint density at radius 1 is 0.783 bits per heavy atom. The fraction of sp³-hybridized carbons (Fsp3) is 0.250. The maximum Gasteiger partial charge on any atom is 0.704 e. The Balaban J connectivity index is 3.54. The molecular formula is C8H5N5O10. The third-order valence-corrected chi connectivity index (χ3v) is 2.78. The lowest BCUT2D eigenvalue weighted by Gasteiger charge is -2.09. The Hall–Kier alpha value is -3.78. The molecule has 0 radical (unpaired) electrons. The van der Waals surface area contributed by atoms with Gasteiger partial charge in [0.05, 0.1) is 21.5 Å². The highest BCUT2D eigenvalue weighted by Gasteiger charge is 2.70. The highest BCUT2D eigenvalue weighted by Crippen LogP contribution is 2.29. The van der Waals surface area contributed by atoms with Gasteiger partial charge in [0.25, 0.3) is 11.4 Å². The van der Waals surface area contributed by atoms with Crippen molar-refractivity contribution >= 4 is 11.4 Å². The van der Waals surface area contributed by atoms with E-state index in [4.69, 9.17) is 0 Å². The lowest BCUT2D eigenvalue weighted by atomic mass is 10.0. The first-order valence-electron chi connectivity index (χ1n) is 5.39. The van der Waals surface area contributed by atoms with Gasteiger partial charge < -0.3 is 0 Å². The summed E-state index contributed by atoms with van der Waals surface area (Å²) in [5.41, 5.74) is -2.59. The van der Waals surface area contributed by atoms with Crippen LogP contribution in [0, 0.1) is 50.6 Å². The van der Waals surface area contributed by atoms with Crippen LogP contribution in [0.15, 0.2) is 18.2 Å². The second kappa shape index (κ2) is 5.92. The molecule has 0 amide bonds. The molecule has 1 rings (SSSR count). The maximum atomic E-state index is 10.9. The van der Waals surface area contributed by atoms with Crippen LogP contribution in [0.5, 0.6) is 0 Å². The van der Waals surface area contributed by atoms with E-state index in [0.29, 0.717) is 18.2 Å². The van der Waals surface area contributed by atoms with Gasteiger partial charge in [-0.15, -0.1) is 0 Å². The lowest BCUT2D eigenvalue weighted by molar-refractivity contribution is -0.969. The molecule has 0 saturated carbocycles. The molecule has 0 N–H and O–H groups in total.